The summed E-state index contributed by atoms with van der Waals surface area (Å²) in [6, 6.07) is 9.68. The summed E-state index contributed by atoms with van der Waals surface area (Å²) in [5, 5.41) is 19.0. The molecule has 1 unspecified atom stereocenters. The average Bonchev–Trinajstić information content (AvgIpc) is 3.01. The van der Waals surface area contributed by atoms with Crippen molar-refractivity contribution in [3.05, 3.63) is 46.1 Å². The van der Waals surface area contributed by atoms with Crippen LogP contribution in [0.1, 0.15) is 25.8 Å². The van der Waals surface area contributed by atoms with Crippen molar-refractivity contribution in [1.82, 2.24) is 15.5 Å². The van der Waals surface area contributed by atoms with Crippen molar-refractivity contribution in [2.45, 2.75) is 26.3 Å². The summed E-state index contributed by atoms with van der Waals surface area (Å²) in [4.78, 5) is 12.1. The van der Waals surface area contributed by atoms with Gasteiger partial charge in [-0.1, -0.05) is 35.0 Å². The Kier molecular flexibility index (Phi) is 5.72. The second kappa shape index (κ2) is 7.75. The van der Waals surface area contributed by atoms with Crippen LogP contribution in [0.3, 0.4) is 0 Å². The van der Waals surface area contributed by atoms with E-state index in [1.165, 1.54) is 0 Å². The first kappa shape index (κ1) is 17.0. The summed E-state index contributed by atoms with van der Waals surface area (Å²) >= 11 is 3.39. The molecule has 1 aromatic carbocycles. The third kappa shape index (κ3) is 4.30. The van der Waals surface area contributed by atoms with E-state index in [0.29, 0.717) is 5.56 Å². The quantitative estimate of drug-likeness (QED) is 0.620. The largest absolute Gasteiger partial charge is 0.349 e. The molecule has 2 aromatic rings. The minimum absolute atomic E-state index is 0.0227. The number of nitrogens with zero attached hydrogens (tertiary/aromatic N) is 2. The van der Waals surface area contributed by atoms with Crippen LogP contribution in [-0.4, -0.2) is 22.1 Å². The molecule has 1 heterocycles. The number of carbonyl (C=O) groups excluding carboxylic acids is 1. The van der Waals surface area contributed by atoms with Crippen LogP contribution in [0.4, 0.5) is 0 Å². The summed E-state index contributed by atoms with van der Waals surface area (Å²) in [6.45, 7) is 3.88. The summed E-state index contributed by atoms with van der Waals surface area (Å²) in [6.07, 6.45) is 3.96. The molecule has 2 N–H and O–H groups in total. The van der Waals surface area contributed by atoms with Gasteiger partial charge in [-0.05, 0) is 31.6 Å². The van der Waals surface area contributed by atoms with E-state index in [4.69, 9.17) is 0 Å². The van der Waals surface area contributed by atoms with Gasteiger partial charge in [0.1, 0.15) is 11.6 Å². The maximum absolute atomic E-state index is 12.1. The van der Waals surface area contributed by atoms with Crippen LogP contribution < -0.4 is 5.32 Å². The van der Waals surface area contributed by atoms with Gasteiger partial charge in [-0.3, -0.25) is 9.89 Å². The average molecular weight is 373 g/mol. The summed E-state index contributed by atoms with van der Waals surface area (Å²) in [5.41, 5.74) is 2.45. The van der Waals surface area contributed by atoms with Gasteiger partial charge in [0.15, 0.2) is 0 Å². The Morgan fingerprint density at radius 3 is 2.78 bits per heavy atom. The fourth-order valence-electron chi connectivity index (χ4n) is 1.96. The summed E-state index contributed by atoms with van der Waals surface area (Å²) in [7, 11) is 0. The monoisotopic (exact) mass is 372 g/mol. The van der Waals surface area contributed by atoms with E-state index in [-0.39, 0.29) is 17.5 Å². The Hall–Kier alpha value is -2.39. The van der Waals surface area contributed by atoms with Crippen molar-refractivity contribution in [2.75, 3.05) is 0 Å². The van der Waals surface area contributed by atoms with Crippen LogP contribution in [0.5, 0.6) is 0 Å². The zero-order valence-electron chi connectivity index (χ0n) is 12.9. The van der Waals surface area contributed by atoms with E-state index >= 15 is 0 Å². The Labute approximate surface area is 143 Å². The highest BCUT2D eigenvalue weighted by Gasteiger charge is 2.13. The summed E-state index contributed by atoms with van der Waals surface area (Å²) < 4.78 is 0.975. The molecule has 0 fully saturated rings. The minimum Gasteiger partial charge on any atom is -0.349 e. The number of amides is 1. The maximum atomic E-state index is 12.1. The standard InChI is InChI=1S/C17H17BrN4O/c1-3-11(2)21-17(23)13(9-19)8-14-10-20-22-16(14)12-4-6-15(18)7-5-12/h4-8,10-11H,3H2,1-2H3,(H,20,22)(H,21,23). The first-order valence-electron chi connectivity index (χ1n) is 7.27. The normalized spacial score (nSPS) is 12.5. The predicted molar refractivity (Wildman–Crippen MR) is 93.2 cm³/mol. The molecule has 1 aromatic heterocycles. The topological polar surface area (TPSA) is 81.6 Å². The first-order valence-corrected chi connectivity index (χ1v) is 8.06. The second-order valence-corrected chi connectivity index (χ2v) is 6.08. The second-order valence-electron chi connectivity index (χ2n) is 5.16. The molecule has 0 radical (unpaired) electrons. The Morgan fingerprint density at radius 1 is 1.48 bits per heavy atom. The molecule has 0 aliphatic carbocycles. The molecule has 1 amide bonds. The van der Waals surface area contributed by atoms with Crippen molar-refractivity contribution in [3.8, 4) is 17.3 Å². The van der Waals surface area contributed by atoms with Gasteiger partial charge in [-0.15, -0.1) is 0 Å². The molecule has 0 bridgehead atoms. The van der Waals surface area contributed by atoms with Crippen molar-refractivity contribution >= 4 is 27.9 Å². The van der Waals surface area contributed by atoms with E-state index in [1.807, 2.05) is 44.2 Å². The van der Waals surface area contributed by atoms with Crippen LogP contribution in [0.2, 0.25) is 0 Å². The molecule has 0 aliphatic rings. The lowest BCUT2D eigenvalue weighted by Crippen LogP contribution is -2.32. The van der Waals surface area contributed by atoms with Crippen molar-refractivity contribution in [1.29, 1.82) is 5.26 Å². The Bertz CT molecular complexity index is 756. The van der Waals surface area contributed by atoms with Gasteiger partial charge in [0.25, 0.3) is 5.91 Å². The van der Waals surface area contributed by atoms with Crippen molar-refractivity contribution in [3.63, 3.8) is 0 Å². The highest BCUT2D eigenvalue weighted by molar-refractivity contribution is 9.10. The predicted octanol–water partition coefficient (Wildman–Crippen LogP) is 3.66. The molecular formula is C17H17BrN4O. The molecule has 118 valence electrons. The van der Waals surface area contributed by atoms with Crippen LogP contribution >= 0.6 is 15.9 Å². The number of H-pyrrole nitrogens is 1. The van der Waals surface area contributed by atoms with Crippen molar-refractivity contribution < 1.29 is 4.79 Å². The lowest BCUT2D eigenvalue weighted by molar-refractivity contribution is -0.117. The molecule has 1 atom stereocenters. The Balaban J connectivity index is 2.32. The van der Waals surface area contributed by atoms with Gasteiger partial charge >= 0.3 is 0 Å². The SMILES string of the molecule is CCC(C)NC(=O)C(C#N)=Cc1cn[nH]c1-c1ccc(Br)cc1. The van der Waals surface area contributed by atoms with Gasteiger partial charge < -0.3 is 5.32 Å². The van der Waals surface area contributed by atoms with E-state index in [2.05, 4.69) is 31.4 Å². The molecule has 5 nitrogen and oxygen atoms in total. The number of rotatable bonds is 5. The fourth-order valence-corrected chi connectivity index (χ4v) is 2.22. The van der Waals surface area contributed by atoms with Crippen LogP contribution in [-0.2, 0) is 4.79 Å². The zero-order valence-corrected chi connectivity index (χ0v) is 14.5. The number of halogens is 1. The number of carbonyl (C=O) groups is 1. The maximum Gasteiger partial charge on any atom is 0.262 e. The highest BCUT2D eigenvalue weighted by Crippen LogP contribution is 2.24. The number of nitrogens with one attached hydrogen (secondary N) is 2. The molecule has 6 heteroatoms. The highest BCUT2D eigenvalue weighted by atomic mass is 79.9. The van der Waals surface area contributed by atoms with Gasteiger partial charge in [0, 0.05) is 21.6 Å². The van der Waals surface area contributed by atoms with E-state index in [9.17, 15) is 10.1 Å². The lowest BCUT2D eigenvalue weighted by Gasteiger charge is -2.10. The first-order chi connectivity index (χ1) is 11.0. The molecule has 0 aliphatic heterocycles. The molecule has 0 spiro atoms. The van der Waals surface area contributed by atoms with Gasteiger partial charge in [-0.2, -0.15) is 10.4 Å². The van der Waals surface area contributed by atoms with Crippen LogP contribution in [0, 0.1) is 11.3 Å². The smallest absolute Gasteiger partial charge is 0.262 e. The number of hydrogen-bond donors (Lipinski definition) is 2. The minimum atomic E-state index is -0.371. The van der Waals surface area contributed by atoms with Crippen LogP contribution in [0.25, 0.3) is 17.3 Å². The number of aromatic nitrogens is 2. The number of hydrogen-bond acceptors (Lipinski definition) is 3. The van der Waals surface area contributed by atoms with Crippen LogP contribution in [0.15, 0.2) is 40.5 Å². The third-order valence-corrected chi connectivity index (χ3v) is 3.99. The molecule has 0 saturated carbocycles. The van der Waals surface area contributed by atoms with E-state index in [1.54, 1.807) is 12.3 Å². The molecule has 2 rings (SSSR count). The molecular weight excluding hydrogens is 356 g/mol. The van der Waals surface area contributed by atoms with Crippen molar-refractivity contribution in [2.24, 2.45) is 0 Å². The fraction of sp³-hybridized carbons (Fsp3) is 0.235. The number of aromatic amines is 1. The van der Waals surface area contributed by atoms with Gasteiger partial charge in [-0.25, -0.2) is 0 Å². The zero-order chi connectivity index (χ0) is 16.8. The number of nitriles is 1. The molecule has 23 heavy (non-hydrogen) atoms. The molecule has 0 saturated heterocycles. The van der Waals surface area contributed by atoms with Gasteiger partial charge in [0.05, 0.1) is 11.9 Å². The van der Waals surface area contributed by atoms with Gasteiger partial charge in [0.2, 0.25) is 0 Å². The van der Waals surface area contributed by atoms with E-state index in [0.717, 1.165) is 22.2 Å². The lowest BCUT2D eigenvalue weighted by atomic mass is 10.1. The van der Waals surface area contributed by atoms with E-state index < -0.39 is 0 Å². The Morgan fingerprint density at radius 2 is 2.17 bits per heavy atom. The third-order valence-electron chi connectivity index (χ3n) is 3.46. The summed E-state index contributed by atoms with van der Waals surface area (Å²) in [5.74, 6) is -0.371. The number of benzene rings is 1.